The van der Waals surface area contributed by atoms with Crippen LogP contribution >= 0.6 is 0 Å². The molecule has 7 heteroatoms. The average molecular weight is 320 g/mol. The van der Waals surface area contributed by atoms with E-state index in [4.69, 9.17) is 9.72 Å². The van der Waals surface area contributed by atoms with E-state index in [2.05, 4.69) is 20.6 Å². The first-order chi connectivity index (χ1) is 11.8. The highest BCUT2D eigenvalue weighted by molar-refractivity contribution is 6.11. The van der Waals surface area contributed by atoms with Crippen molar-refractivity contribution < 1.29 is 4.74 Å². The van der Waals surface area contributed by atoms with Crippen LogP contribution in [0.15, 0.2) is 36.8 Å². The Morgan fingerprint density at radius 2 is 2.21 bits per heavy atom. The van der Waals surface area contributed by atoms with Gasteiger partial charge in [-0.2, -0.15) is 10.2 Å². The Kier molecular flexibility index (Phi) is 2.76. The lowest BCUT2D eigenvalue weighted by Gasteiger charge is -2.09. The predicted molar refractivity (Wildman–Crippen MR) is 91.7 cm³/mol. The van der Waals surface area contributed by atoms with Gasteiger partial charge in [0.2, 0.25) is 0 Å². The molecule has 0 bridgehead atoms. The molecule has 3 aromatic heterocycles. The van der Waals surface area contributed by atoms with Gasteiger partial charge in [-0.25, -0.2) is 4.98 Å². The van der Waals surface area contributed by atoms with Gasteiger partial charge in [0.05, 0.1) is 42.1 Å². The lowest BCUT2D eigenvalue weighted by molar-refractivity contribution is 0.420. The Balaban J connectivity index is 1.65. The molecule has 2 N–H and O–H groups in total. The van der Waals surface area contributed by atoms with Crippen LogP contribution in [-0.2, 0) is 0 Å². The smallest absolute Gasteiger partial charge is 0.157 e. The van der Waals surface area contributed by atoms with E-state index in [0.717, 1.165) is 39.1 Å². The second-order valence-corrected chi connectivity index (χ2v) is 6.04. The van der Waals surface area contributed by atoms with E-state index in [1.54, 1.807) is 13.3 Å². The normalized spacial score (nSPS) is 14.4. The first-order valence-electron chi connectivity index (χ1n) is 7.94. The van der Waals surface area contributed by atoms with Crippen molar-refractivity contribution in [2.75, 3.05) is 12.4 Å². The quantitative estimate of drug-likeness (QED) is 0.602. The van der Waals surface area contributed by atoms with E-state index >= 15 is 0 Å². The Hall–Kier alpha value is -3.09. The summed E-state index contributed by atoms with van der Waals surface area (Å²) in [6.07, 6.45) is 8.08. The number of pyridine rings is 1. The van der Waals surface area contributed by atoms with E-state index in [-0.39, 0.29) is 0 Å². The molecule has 1 aliphatic rings. The molecule has 0 spiro atoms. The van der Waals surface area contributed by atoms with Crippen molar-refractivity contribution in [3.8, 4) is 5.75 Å². The van der Waals surface area contributed by atoms with Crippen LogP contribution in [0, 0.1) is 0 Å². The Labute approximate surface area is 137 Å². The van der Waals surface area contributed by atoms with Gasteiger partial charge in [0, 0.05) is 11.6 Å². The number of H-pyrrole nitrogens is 1. The zero-order valence-corrected chi connectivity index (χ0v) is 13.2. The van der Waals surface area contributed by atoms with Gasteiger partial charge in [0.25, 0.3) is 0 Å². The van der Waals surface area contributed by atoms with Crippen LogP contribution in [0.2, 0.25) is 0 Å². The van der Waals surface area contributed by atoms with Crippen LogP contribution in [0.1, 0.15) is 18.9 Å². The fraction of sp³-hybridized carbons (Fsp3) is 0.235. The van der Waals surface area contributed by atoms with Gasteiger partial charge in [-0.1, -0.05) is 6.07 Å². The first kappa shape index (κ1) is 13.4. The highest BCUT2D eigenvalue weighted by Crippen LogP contribution is 2.36. The average Bonchev–Trinajstić information content (AvgIpc) is 3.15. The highest BCUT2D eigenvalue weighted by Gasteiger charge is 2.24. The second-order valence-electron chi connectivity index (χ2n) is 6.04. The molecule has 0 aliphatic heterocycles. The van der Waals surface area contributed by atoms with Crippen LogP contribution in [0.4, 0.5) is 11.5 Å². The maximum atomic E-state index is 5.48. The fourth-order valence-corrected chi connectivity index (χ4v) is 3.05. The van der Waals surface area contributed by atoms with Gasteiger partial charge in [-0.3, -0.25) is 9.78 Å². The molecule has 7 nitrogen and oxygen atoms in total. The summed E-state index contributed by atoms with van der Waals surface area (Å²) in [6, 6.07) is 6.41. The zero-order valence-electron chi connectivity index (χ0n) is 13.2. The Morgan fingerprint density at radius 1 is 1.29 bits per heavy atom. The molecular formula is C17H16N6O. The topological polar surface area (TPSA) is 80.6 Å². The Morgan fingerprint density at radius 3 is 3.04 bits per heavy atom. The summed E-state index contributed by atoms with van der Waals surface area (Å²) in [6.45, 7) is 0. The summed E-state index contributed by atoms with van der Waals surface area (Å²) in [4.78, 5) is 4.75. The summed E-state index contributed by atoms with van der Waals surface area (Å²) in [7, 11) is 1.67. The number of methoxy groups -OCH3 is 1. The molecule has 1 fully saturated rings. The lowest BCUT2D eigenvalue weighted by atomic mass is 10.1. The van der Waals surface area contributed by atoms with E-state index < -0.39 is 0 Å². The minimum absolute atomic E-state index is 0.557. The van der Waals surface area contributed by atoms with Gasteiger partial charge in [-0.15, -0.1) is 0 Å². The molecule has 0 saturated heterocycles. The standard InChI is InChI=1S/C17H16N6O/c1-24-14-4-2-3-13-15(14)12-8-18-22-16(12)17(21-13)20-10-7-19-23(9-10)11-5-6-11/h2-4,7-9,11H,5-6H2,1H3,(H,18,22)(H,20,21). The lowest BCUT2D eigenvalue weighted by Crippen LogP contribution is -1.96. The van der Waals surface area contributed by atoms with Crippen molar-refractivity contribution in [2.45, 2.75) is 18.9 Å². The zero-order chi connectivity index (χ0) is 16.1. The number of fused-ring (bicyclic) bond motifs is 3. The third-order valence-electron chi connectivity index (χ3n) is 4.39. The van der Waals surface area contributed by atoms with Crippen LogP contribution in [0.3, 0.4) is 0 Å². The monoisotopic (exact) mass is 320 g/mol. The van der Waals surface area contributed by atoms with E-state index in [1.807, 2.05) is 35.3 Å². The third kappa shape index (κ3) is 2.01. The fourth-order valence-electron chi connectivity index (χ4n) is 3.05. The van der Waals surface area contributed by atoms with Gasteiger partial charge >= 0.3 is 0 Å². The molecule has 5 rings (SSSR count). The number of anilines is 2. The van der Waals surface area contributed by atoms with Crippen molar-refractivity contribution in [1.82, 2.24) is 25.0 Å². The number of aromatic nitrogens is 5. The molecule has 3 heterocycles. The molecule has 1 aliphatic carbocycles. The number of nitrogens with one attached hydrogen (secondary N) is 2. The number of ether oxygens (including phenoxy) is 1. The number of benzene rings is 1. The van der Waals surface area contributed by atoms with E-state index in [0.29, 0.717) is 6.04 Å². The third-order valence-corrected chi connectivity index (χ3v) is 4.39. The van der Waals surface area contributed by atoms with E-state index in [9.17, 15) is 0 Å². The maximum absolute atomic E-state index is 5.48. The molecule has 1 saturated carbocycles. The van der Waals surface area contributed by atoms with Crippen molar-refractivity contribution in [1.29, 1.82) is 0 Å². The van der Waals surface area contributed by atoms with Gasteiger partial charge in [0.15, 0.2) is 5.82 Å². The molecule has 0 atom stereocenters. The summed E-state index contributed by atoms with van der Waals surface area (Å²) < 4.78 is 7.49. The van der Waals surface area contributed by atoms with Crippen LogP contribution < -0.4 is 10.1 Å². The maximum Gasteiger partial charge on any atom is 0.157 e. The Bertz CT molecular complexity index is 1050. The van der Waals surface area contributed by atoms with Gasteiger partial charge in [-0.05, 0) is 25.0 Å². The summed E-state index contributed by atoms with van der Waals surface area (Å²) in [5.74, 6) is 1.53. The van der Waals surface area contributed by atoms with Crippen molar-refractivity contribution >= 4 is 33.3 Å². The van der Waals surface area contributed by atoms with Crippen molar-refractivity contribution in [3.05, 3.63) is 36.8 Å². The summed E-state index contributed by atoms with van der Waals surface area (Å²) in [5.41, 5.74) is 2.64. The molecule has 0 unspecified atom stereocenters. The number of hydrogen-bond acceptors (Lipinski definition) is 5. The van der Waals surface area contributed by atoms with Gasteiger partial charge in [0.1, 0.15) is 11.3 Å². The highest BCUT2D eigenvalue weighted by atomic mass is 16.5. The number of hydrogen-bond donors (Lipinski definition) is 2. The van der Waals surface area contributed by atoms with Crippen LogP contribution in [0.25, 0.3) is 21.8 Å². The molecule has 24 heavy (non-hydrogen) atoms. The molecule has 120 valence electrons. The second kappa shape index (κ2) is 4.95. The molecule has 0 amide bonds. The van der Waals surface area contributed by atoms with Crippen molar-refractivity contribution in [3.63, 3.8) is 0 Å². The van der Waals surface area contributed by atoms with Crippen molar-refractivity contribution in [2.24, 2.45) is 0 Å². The molecule has 1 aromatic carbocycles. The predicted octanol–water partition coefficient (Wildman–Crippen LogP) is 3.39. The van der Waals surface area contributed by atoms with Gasteiger partial charge < -0.3 is 10.1 Å². The van der Waals surface area contributed by atoms with Crippen LogP contribution in [-0.4, -0.2) is 32.1 Å². The number of aromatic amines is 1. The first-order valence-corrected chi connectivity index (χ1v) is 7.94. The minimum Gasteiger partial charge on any atom is -0.496 e. The SMILES string of the molecule is COc1cccc2nc(Nc3cnn(C4CC4)c3)c3[nH]ncc3c12. The van der Waals surface area contributed by atoms with Crippen LogP contribution in [0.5, 0.6) is 5.75 Å². The summed E-state index contributed by atoms with van der Waals surface area (Å²) in [5, 5.41) is 16.9. The molecule has 0 radical (unpaired) electrons. The number of rotatable bonds is 4. The molecule has 4 aromatic rings. The largest absolute Gasteiger partial charge is 0.496 e. The number of nitrogens with zero attached hydrogens (tertiary/aromatic N) is 4. The molecular weight excluding hydrogens is 304 g/mol. The summed E-state index contributed by atoms with van der Waals surface area (Å²) >= 11 is 0. The minimum atomic E-state index is 0.557. The van der Waals surface area contributed by atoms with E-state index in [1.165, 1.54) is 12.8 Å².